The molecule has 0 N–H and O–H groups in total. The smallest absolute Gasteiger partial charge is 0.198 e. The van der Waals surface area contributed by atoms with Crippen molar-refractivity contribution in [1.29, 1.82) is 0 Å². The average Bonchev–Trinajstić information content (AvgIpc) is 2.77. The molecule has 3 nitrogen and oxygen atoms in total. The molecule has 0 fully saturated rings. The van der Waals surface area contributed by atoms with Gasteiger partial charge in [-0.1, -0.05) is 53.5 Å². The van der Waals surface area contributed by atoms with Crippen molar-refractivity contribution in [1.82, 2.24) is 0 Å². The van der Waals surface area contributed by atoms with E-state index in [1.54, 1.807) is 30.3 Å². The van der Waals surface area contributed by atoms with E-state index in [2.05, 4.69) is 4.40 Å². The van der Waals surface area contributed by atoms with Gasteiger partial charge >= 0.3 is 0 Å². The van der Waals surface area contributed by atoms with E-state index in [1.165, 1.54) is 12.1 Å². The van der Waals surface area contributed by atoms with Crippen molar-refractivity contribution in [2.75, 3.05) is 0 Å². The molecular formula is C11H7Cl2NO2S2. The maximum absolute atomic E-state index is 11.9. The fraction of sp³-hybridized carbons (Fsp3) is 0. The molecule has 2 rings (SSSR count). The Hall–Kier alpha value is -0.880. The molecule has 18 heavy (non-hydrogen) atoms. The molecule has 0 aliphatic rings. The Balaban J connectivity index is 2.39. The minimum Gasteiger partial charge on any atom is -0.198 e. The van der Waals surface area contributed by atoms with Crippen molar-refractivity contribution < 1.29 is 8.42 Å². The Morgan fingerprint density at radius 1 is 1.11 bits per heavy atom. The predicted octanol–water partition coefficient (Wildman–Crippen LogP) is 3.78. The fourth-order valence-electron chi connectivity index (χ4n) is 1.22. The first-order chi connectivity index (χ1) is 8.49. The molecule has 0 amide bonds. The highest BCUT2D eigenvalue weighted by Gasteiger charge is 2.16. The van der Waals surface area contributed by atoms with Crippen LogP contribution in [0.4, 0.5) is 0 Å². The highest BCUT2D eigenvalue weighted by Crippen LogP contribution is 2.27. The Morgan fingerprint density at radius 2 is 1.78 bits per heavy atom. The summed E-state index contributed by atoms with van der Waals surface area (Å²) in [6, 6.07) is 11.6. The predicted molar refractivity (Wildman–Crippen MR) is 75.3 cm³/mol. The molecule has 0 spiro atoms. The van der Waals surface area contributed by atoms with Crippen LogP contribution in [0.5, 0.6) is 0 Å². The summed E-state index contributed by atoms with van der Waals surface area (Å²) in [5, 5.41) is -0.0693. The number of rotatable bonds is 3. The van der Waals surface area contributed by atoms with Gasteiger partial charge in [0.25, 0.3) is 10.0 Å². The molecule has 0 unspecified atom stereocenters. The molecule has 1 heterocycles. The summed E-state index contributed by atoms with van der Waals surface area (Å²) in [7, 11) is -3.80. The van der Waals surface area contributed by atoms with Crippen LogP contribution in [0, 0.1) is 0 Å². The van der Waals surface area contributed by atoms with Gasteiger partial charge in [-0.3, -0.25) is 0 Å². The molecule has 0 radical (unpaired) electrons. The molecule has 2 aromatic rings. The van der Waals surface area contributed by atoms with Gasteiger partial charge in [-0.15, -0.1) is 15.7 Å². The highest BCUT2D eigenvalue weighted by molar-refractivity contribution is 7.92. The SMILES string of the molecule is O=S(=O)(/N=C(/Cl)c1ccccc1)c1ccc(Cl)s1. The standard InChI is InChI=1S/C11H7Cl2NO2S2/c12-9-6-7-10(17-9)18(15,16)14-11(13)8-4-2-1-3-5-8/h1-7H/b14-11+. The Kier molecular flexibility index (Phi) is 4.07. The van der Waals surface area contributed by atoms with E-state index < -0.39 is 10.0 Å². The van der Waals surface area contributed by atoms with Crippen LogP contribution in [0.1, 0.15) is 5.56 Å². The first-order valence-electron chi connectivity index (χ1n) is 4.80. The molecule has 1 aromatic carbocycles. The summed E-state index contributed by atoms with van der Waals surface area (Å²) in [5.74, 6) is 0. The van der Waals surface area contributed by atoms with Crippen LogP contribution in [0.15, 0.2) is 51.1 Å². The molecule has 0 bridgehead atoms. The molecule has 7 heteroatoms. The van der Waals surface area contributed by atoms with E-state index in [9.17, 15) is 8.42 Å². The quantitative estimate of drug-likeness (QED) is 0.808. The summed E-state index contributed by atoms with van der Waals surface area (Å²) in [6.45, 7) is 0. The number of nitrogens with zero attached hydrogens (tertiary/aromatic N) is 1. The minimum atomic E-state index is -3.80. The van der Waals surface area contributed by atoms with Crippen molar-refractivity contribution in [3.63, 3.8) is 0 Å². The second-order valence-corrected chi connectivity index (χ2v) is 7.19. The largest absolute Gasteiger partial charge is 0.293 e. The molecule has 0 aliphatic carbocycles. The Morgan fingerprint density at radius 3 is 2.33 bits per heavy atom. The van der Waals surface area contributed by atoms with E-state index in [-0.39, 0.29) is 9.38 Å². The van der Waals surface area contributed by atoms with Crippen molar-refractivity contribution in [3.05, 3.63) is 52.4 Å². The van der Waals surface area contributed by atoms with E-state index >= 15 is 0 Å². The third-order valence-electron chi connectivity index (χ3n) is 2.02. The monoisotopic (exact) mass is 319 g/mol. The van der Waals surface area contributed by atoms with Crippen LogP contribution in [0.2, 0.25) is 4.34 Å². The molecule has 0 saturated carbocycles. The second-order valence-electron chi connectivity index (χ2n) is 3.28. The van der Waals surface area contributed by atoms with E-state index in [0.29, 0.717) is 9.90 Å². The van der Waals surface area contributed by atoms with Gasteiger partial charge in [-0.25, -0.2) is 0 Å². The second kappa shape index (κ2) is 5.40. The number of thiophene rings is 1. The molecule has 94 valence electrons. The van der Waals surface area contributed by atoms with Gasteiger partial charge in [0.2, 0.25) is 0 Å². The van der Waals surface area contributed by atoms with Gasteiger partial charge in [-0.05, 0) is 12.1 Å². The zero-order valence-electron chi connectivity index (χ0n) is 8.88. The van der Waals surface area contributed by atoms with E-state index in [1.807, 2.05) is 0 Å². The summed E-state index contributed by atoms with van der Waals surface area (Å²) < 4.78 is 27.8. The van der Waals surface area contributed by atoms with E-state index in [0.717, 1.165) is 11.3 Å². The third kappa shape index (κ3) is 3.11. The zero-order chi connectivity index (χ0) is 13.2. The lowest BCUT2D eigenvalue weighted by atomic mass is 10.2. The molecule has 0 saturated heterocycles. The van der Waals surface area contributed by atoms with Crippen molar-refractivity contribution in [2.45, 2.75) is 4.21 Å². The first-order valence-corrected chi connectivity index (χ1v) is 7.81. The fourth-order valence-corrected chi connectivity index (χ4v) is 3.98. The van der Waals surface area contributed by atoms with Gasteiger partial charge < -0.3 is 0 Å². The Labute approximate surface area is 119 Å². The van der Waals surface area contributed by atoms with Gasteiger partial charge in [0.1, 0.15) is 9.38 Å². The van der Waals surface area contributed by atoms with Gasteiger partial charge in [0.05, 0.1) is 4.34 Å². The number of sulfonamides is 1. The third-order valence-corrected chi connectivity index (χ3v) is 5.39. The lowest BCUT2D eigenvalue weighted by Crippen LogP contribution is -1.99. The van der Waals surface area contributed by atoms with Gasteiger partial charge in [0, 0.05) is 5.56 Å². The summed E-state index contributed by atoms with van der Waals surface area (Å²) >= 11 is 12.5. The van der Waals surface area contributed by atoms with Crippen LogP contribution in [0.25, 0.3) is 0 Å². The van der Waals surface area contributed by atoms with E-state index in [4.69, 9.17) is 23.2 Å². The maximum atomic E-state index is 11.9. The van der Waals surface area contributed by atoms with Crippen LogP contribution in [0.3, 0.4) is 0 Å². The normalized spacial score (nSPS) is 12.7. The molecule has 0 aliphatic heterocycles. The van der Waals surface area contributed by atoms with Crippen molar-refractivity contribution >= 4 is 49.7 Å². The lowest BCUT2D eigenvalue weighted by molar-refractivity contribution is 0.600. The minimum absolute atomic E-state index is 0.0693. The number of hydrogen-bond acceptors (Lipinski definition) is 3. The van der Waals surface area contributed by atoms with Crippen molar-refractivity contribution in [2.24, 2.45) is 4.40 Å². The van der Waals surface area contributed by atoms with Crippen LogP contribution in [-0.4, -0.2) is 13.6 Å². The number of hydrogen-bond donors (Lipinski definition) is 0. The summed E-state index contributed by atoms with van der Waals surface area (Å²) in [4.78, 5) is 0. The average molecular weight is 320 g/mol. The Bertz CT molecular complexity index is 678. The van der Waals surface area contributed by atoms with Crippen molar-refractivity contribution in [3.8, 4) is 0 Å². The number of halogens is 2. The van der Waals surface area contributed by atoms with Crippen LogP contribution < -0.4 is 0 Å². The zero-order valence-corrected chi connectivity index (χ0v) is 12.0. The van der Waals surface area contributed by atoms with Crippen LogP contribution >= 0.6 is 34.5 Å². The van der Waals surface area contributed by atoms with Crippen LogP contribution in [-0.2, 0) is 10.0 Å². The molecular weight excluding hydrogens is 313 g/mol. The maximum Gasteiger partial charge on any atom is 0.293 e. The number of benzene rings is 1. The molecule has 1 aromatic heterocycles. The van der Waals surface area contributed by atoms with Gasteiger partial charge in [0.15, 0.2) is 0 Å². The van der Waals surface area contributed by atoms with Gasteiger partial charge in [-0.2, -0.15) is 8.42 Å². The summed E-state index contributed by atoms with van der Waals surface area (Å²) in [6.07, 6.45) is 0. The molecule has 0 atom stereocenters. The first kappa shape index (κ1) is 13.5. The highest BCUT2D eigenvalue weighted by atomic mass is 35.5. The topological polar surface area (TPSA) is 46.5 Å². The summed E-state index contributed by atoms with van der Waals surface area (Å²) in [5.41, 5.74) is 0.547. The lowest BCUT2D eigenvalue weighted by Gasteiger charge is -1.98.